The van der Waals surface area contributed by atoms with Crippen molar-refractivity contribution in [2.45, 2.75) is 46.1 Å². The van der Waals surface area contributed by atoms with Crippen LogP contribution in [0.25, 0.3) is 0 Å². The average Bonchev–Trinajstić information content (AvgIpc) is 3.06. The highest BCUT2D eigenvalue weighted by atomic mass is 19.1. The number of hydrogen-bond acceptors (Lipinski definition) is 3. The fraction of sp³-hybridized carbons (Fsp3) is 0.667. The third-order valence-corrected chi connectivity index (χ3v) is 6.83. The first-order valence-corrected chi connectivity index (χ1v) is 9.76. The molecule has 0 amide bonds. The minimum Gasteiger partial charge on any atom is -0.368 e. The second-order valence-electron chi connectivity index (χ2n) is 8.45. The van der Waals surface area contributed by atoms with Crippen molar-refractivity contribution >= 4 is 11.5 Å². The van der Waals surface area contributed by atoms with E-state index in [-0.39, 0.29) is 11.6 Å². The number of rotatable bonds is 4. The van der Waals surface area contributed by atoms with Gasteiger partial charge in [0.2, 0.25) is 0 Å². The number of fused-ring (bicyclic) bond motifs is 1. The second kappa shape index (κ2) is 6.39. The summed E-state index contributed by atoms with van der Waals surface area (Å²) in [7, 11) is 0. The lowest BCUT2D eigenvalue weighted by atomic mass is 9.78. The first-order valence-electron chi connectivity index (χ1n) is 9.76. The van der Waals surface area contributed by atoms with E-state index >= 15 is 0 Å². The molecule has 3 aliphatic rings. The molecule has 1 aliphatic carbocycles. The number of likely N-dealkylation sites (tertiary alicyclic amines) is 1. The quantitative estimate of drug-likeness (QED) is 0.774. The molecule has 25 heavy (non-hydrogen) atoms. The number of carbonyl (C=O) groups excluding carboxylic acids is 1. The first kappa shape index (κ1) is 17.0. The van der Waals surface area contributed by atoms with E-state index in [0.717, 1.165) is 30.6 Å². The van der Waals surface area contributed by atoms with Gasteiger partial charge in [0.05, 0.1) is 5.69 Å². The molecule has 136 valence electrons. The summed E-state index contributed by atoms with van der Waals surface area (Å²) in [6.07, 6.45) is 4.07. The van der Waals surface area contributed by atoms with Gasteiger partial charge in [0.1, 0.15) is 5.82 Å². The van der Waals surface area contributed by atoms with Crippen molar-refractivity contribution in [2.24, 2.45) is 17.8 Å². The minimum atomic E-state index is -0.252. The molecule has 0 spiro atoms. The predicted octanol–water partition coefficient (Wildman–Crippen LogP) is 3.89. The molecule has 0 bridgehead atoms. The highest BCUT2D eigenvalue weighted by molar-refractivity contribution is 5.96. The van der Waals surface area contributed by atoms with Crippen LogP contribution >= 0.6 is 0 Å². The summed E-state index contributed by atoms with van der Waals surface area (Å²) in [4.78, 5) is 16.5. The van der Waals surface area contributed by atoms with Crippen LogP contribution in [0.4, 0.5) is 10.1 Å². The highest BCUT2D eigenvalue weighted by Gasteiger charge is 2.44. The number of halogens is 1. The van der Waals surface area contributed by atoms with Crippen LogP contribution in [0, 0.1) is 30.5 Å². The number of carbonyl (C=O) groups is 1. The zero-order valence-electron chi connectivity index (χ0n) is 15.6. The van der Waals surface area contributed by atoms with Crippen molar-refractivity contribution in [3.63, 3.8) is 0 Å². The van der Waals surface area contributed by atoms with Crippen LogP contribution in [0.5, 0.6) is 0 Å². The Labute approximate surface area is 150 Å². The Hall–Kier alpha value is -1.42. The fourth-order valence-corrected chi connectivity index (χ4v) is 5.14. The van der Waals surface area contributed by atoms with Crippen LogP contribution in [-0.2, 0) is 0 Å². The maximum Gasteiger partial charge on any atom is 0.160 e. The van der Waals surface area contributed by atoms with Crippen molar-refractivity contribution in [3.05, 3.63) is 29.1 Å². The van der Waals surface area contributed by atoms with Crippen LogP contribution in [0.15, 0.2) is 12.1 Å². The van der Waals surface area contributed by atoms with E-state index in [9.17, 15) is 9.18 Å². The molecule has 2 aliphatic heterocycles. The Morgan fingerprint density at radius 3 is 2.36 bits per heavy atom. The van der Waals surface area contributed by atoms with Gasteiger partial charge in [0.25, 0.3) is 0 Å². The lowest BCUT2D eigenvalue weighted by molar-refractivity contribution is 0.0914. The van der Waals surface area contributed by atoms with Gasteiger partial charge >= 0.3 is 0 Å². The Morgan fingerprint density at radius 2 is 1.80 bits per heavy atom. The molecule has 0 N–H and O–H groups in total. The first-order chi connectivity index (χ1) is 12.0. The highest BCUT2D eigenvalue weighted by Crippen LogP contribution is 2.41. The van der Waals surface area contributed by atoms with Crippen molar-refractivity contribution < 1.29 is 9.18 Å². The van der Waals surface area contributed by atoms with Crippen LogP contribution < -0.4 is 4.90 Å². The molecular formula is C21H29FN2O. The Kier molecular flexibility index (Phi) is 4.35. The van der Waals surface area contributed by atoms with Crippen molar-refractivity contribution in [3.8, 4) is 0 Å². The average molecular weight is 344 g/mol. The summed E-state index contributed by atoms with van der Waals surface area (Å²) in [5.41, 5.74) is 2.06. The van der Waals surface area contributed by atoms with Crippen molar-refractivity contribution in [2.75, 3.05) is 31.1 Å². The molecular weight excluding hydrogens is 315 g/mol. The molecule has 2 atom stereocenters. The zero-order chi connectivity index (χ0) is 17.7. The topological polar surface area (TPSA) is 23.6 Å². The summed E-state index contributed by atoms with van der Waals surface area (Å²) >= 11 is 0. The molecule has 3 fully saturated rings. The third-order valence-electron chi connectivity index (χ3n) is 6.83. The Bertz CT molecular complexity index is 669. The molecule has 4 rings (SSSR count). The summed E-state index contributed by atoms with van der Waals surface area (Å²) in [6.45, 7) is 9.94. The van der Waals surface area contributed by atoms with E-state index in [1.807, 2.05) is 13.0 Å². The van der Waals surface area contributed by atoms with Gasteiger partial charge in [-0.15, -0.1) is 0 Å². The molecule has 4 heteroatoms. The number of anilines is 1. The van der Waals surface area contributed by atoms with Gasteiger partial charge in [-0.1, -0.05) is 13.3 Å². The molecule has 1 aromatic rings. The number of ketones is 1. The largest absolute Gasteiger partial charge is 0.368 e. The number of benzene rings is 1. The van der Waals surface area contributed by atoms with Crippen LogP contribution in [0.1, 0.15) is 49.0 Å². The fourth-order valence-electron chi connectivity index (χ4n) is 5.14. The summed E-state index contributed by atoms with van der Waals surface area (Å²) < 4.78 is 14.6. The molecule has 2 unspecified atom stereocenters. The van der Waals surface area contributed by atoms with E-state index in [0.29, 0.717) is 23.1 Å². The number of nitrogens with zero attached hydrogens (tertiary/aromatic N) is 2. The molecule has 2 heterocycles. The van der Waals surface area contributed by atoms with Crippen molar-refractivity contribution in [1.82, 2.24) is 4.90 Å². The predicted molar refractivity (Wildman–Crippen MR) is 98.7 cm³/mol. The van der Waals surface area contributed by atoms with Gasteiger partial charge in [0.15, 0.2) is 5.78 Å². The smallest absolute Gasteiger partial charge is 0.160 e. The summed E-state index contributed by atoms with van der Waals surface area (Å²) in [6, 6.07) is 4.09. The SMILES string of the molecule is CCC1CC(N2CC3CN(c4cc(C)c(C(C)=O)cc4F)CC3C2)C1. The molecule has 1 saturated carbocycles. The maximum absolute atomic E-state index is 14.6. The maximum atomic E-state index is 14.6. The molecule has 0 aromatic heterocycles. The number of hydrogen-bond donors (Lipinski definition) is 0. The van der Waals surface area contributed by atoms with E-state index < -0.39 is 0 Å². The van der Waals surface area contributed by atoms with Gasteiger partial charge in [-0.2, -0.15) is 0 Å². The molecule has 2 saturated heterocycles. The Balaban J connectivity index is 1.42. The van der Waals surface area contributed by atoms with Gasteiger partial charge in [0, 0.05) is 37.8 Å². The van der Waals surface area contributed by atoms with Gasteiger partial charge in [-0.05, 0) is 62.1 Å². The lowest BCUT2D eigenvalue weighted by Crippen LogP contribution is -2.44. The minimum absolute atomic E-state index is 0.0669. The molecule has 0 radical (unpaired) electrons. The number of aryl methyl sites for hydroxylation is 1. The van der Waals surface area contributed by atoms with Crippen LogP contribution in [0.3, 0.4) is 0 Å². The van der Waals surface area contributed by atoms with E-state index in [1.54, 1.807) is 0 Å². The second-order valence-corrected chi connectivity index (χ2v) is 8.45. The lowest BCUT2D eigenvalue weighted by Gasteiger charge is -2.41. The Morgan fingerprint density at radius 1 is 1.16 bits per heavy atom. The van der Waals surface area contributed by atoms with E-state index in [1.165, 1.54) is 45.3 Å². The summed E-state index contributed by atoms with van der Waals surface area (Å²) in [5, 5.41) is 0. The zero-order valence-corrected chi connectivity index (χ0v) is 15.6. The molecule has 1 aromatic carbocycles. The standard InChI is InChI=1S/C21H29FN2O/c1-4-15-6-18(7-15)23-9-16-11-24(12-17(16)10-23)21-5-13(2)19(14(3)25)8-20(21)22/h5,8,15-18H,4,6-7,9-12H2,1-3H3. The molecule has 3 nitrogen and oxygen atoms in total. The normalized spacial score (nSPS) is 31.9. The summed E-state index contributed by atoms with van der Waals surface area (Å²) in [5.74, 6) is 1.94. The van der Waals surface area contributed by atoms with Gasteiger partial charge in [-0.25, -0.2) is 4.39 Å². The van der Waals surface area contributed by atoms with E-state index in [2.05, 4.69) is 16.7 Å². The number of Topliss-reactive ketones (excluding diaryl/α,β-unsaturated/α-hetero) is 1. The van der Waals surface area contributed by atoms with Crippen LogP contribution in [0.2, 0.25) is 0 Å². The third kappa shape index (κ3) is 2.99. The van der Waals surface area contributed by atoms with Gasteiger partial charge in [-0.3, -0.25) is 9.69 Å². The van der Waals surface area contributed by atoms with E-state index in [4.69, 9.17) is 0 Å². The van der Waals surface area contributed by atoms with Gasteiger partial charge < -0.3 is 4.90 Å². The van der Waals surface area contributed by atoms with Crippen molar-refractivity contribution in [1.29, 1.82) is 0 Å². The van der Waals surface area contributed by atoms with Crippen LogP contribution in [-0.4, -0.2) is 42.9 Å². The monoisotopic (exact) mass is 344 g/mol.